The van der Waals surface area contributed by atoms with Gasteiger partial charge in [0.2, 0.25) is 6.10 Å². The smallest absolute Gasteiger partial charge is 0.382 e. The summed E-state index contributed by atoms with van der Waals surface area (Å²) in [4.78, 5) is 20.9. The van der Waals surface area contributed by atoms with Crippen LogP contribution in [0.2, 0.25) is 0 Å². The van der Waals surface area contributed by atoms with Gasteiger partial charge in [-0.1, -0.05) is 23.4 Å². The number of carbonyl (C=O) groups excluding carboxylic acids is 1. The molecule has 0 bridgehead atoms. The maximum absolute atomic E-state index is 13.3. The molecule has 1 aliphatic rings. The van der Waals surface area contributed by atoms with Gasteiger partial charge in [0.1, 0.15) is 5.82 Å². The van der Waals surface area contributed by atoms with Gasteiger partial charge in [-0.15, -0.1) is 0 Å². The number of aromatic nitrogens is 1. The third kappa shape index (κ3) is 4.81. The van der Waals surface area contributed by atoms with Gasteiger partial charge in [-0.2, -0.15) is 13.2 Å². The maximum atomic E-state index is 13.3. The van der Waals surface area contributed by atoms with Crippen LogP contribution in [0.25, 0.3) is 0 Å². The maximum Gasteiger partial charge on any atom is 0.414 e. The number of hydrogen-bond donors (Lipinski definition) is 1. The Bertz CT molecular complexity index is 840. The van der Waals surface area contributed by atoms with E-state index in [-0.39, 0.29) is 18.5 Å². The number of hydrogen-bond acceptors (Lipinski definition) is 4. The molecule has 2 aromatic rings. The van der Waals surface area contributed by atoms with E-state index >= 15 is 0 Å². The molecule has 2 atom stereocenters. The second-order valence-corrected chi connectivity index (χ2v) is 6.00. The van der Waals surface area contributed by atoms with E-state index in [0.717, 1.165) is 0 Å². The normalized spacial score (nSPS) is 17.8. The minimum atomic E-state index is -4.71. The number of oxime groups is 1. The first kappa shape index (κ1) is 18.8. The molecule has 5 nitrogen and oxygen atoms in total. The monoisotopic (exact) mass is 381 g/mol. The van der Waals surface area contributed by atoms with Crippen molar-refractivity contribution in [2.75, 3.05) is 0 Å². The van der Waals surface area contributed by atoms with E-state index in [0.29, 0.717) is 11.3 Å². The van der Waals surface area contributed by atoms with E-state index < -0.39 is 30.0 Å². The summed E-state index contributed by atoms with van der Waals surface area (Å²) < 4.78 is 53.1. The molecule has 2 heterocycles. The Hall–Kier alpha value is -2.97. The minimum absolute atomic E-state index is 0.0230. The molecule has 1 N–H and O–H groups in total. The summed E-state index contributed by atoms with van der Waals surface area (Å²) in [6, 6.07) is 7.64. The fraction of sp³-hybridized carbons (Fsp3) is 0.278. The molecule has 3 rings (SSSR count). The van der Waals surface area contributed by atoms with Gasteiger partial charge in [0, 0.05) is 19.0 Å². The van der Waals surface area contributed by atoms with Gasteiger partial charge in [0.25, 0.3) is 5.91 Å². The summed E-state index contributed by atoms with van der Waals surface area (Å²) in [5, 5.41) is 5.67. The second kappa shape index (κ2) is 7.73. The lowest BCUT2D eigenvalue weighted by atomic mass is 10.0. The van der Waals surface area contributed by atoms with Gasteiger partial charge in [0.15, 0.2) is 6.04 Å². The van der Waals surface area contributed by atoms with Crippen molar-refractivity contribution in [2.24, 2.45) is 5.16 Å². The Kier molecular flexibility index (Phi) is 5.38. The zero-order valence-corrected chi connectivity index (χ0v) is 13.9. The minimum Gasteiger partial charge on any atom is -0.382 e. The topological polar surface area (TPSA) is 63.6 Å². The van der Waals surface area contributed by atoms with E-state index in [1.54, 1.807) is 6.07 Å². The summed E-state index contributed by atoms with van der Waals surface area (Å²) in [6.45, 7) is 0. The van der Waals surface area contributed by atoms with Gasteiger partial charge in [-0.05, 0) is 29.8 Å². The van der Waals surface area contributed by atoms with Gasteiger partial charge in [-0.25, -0.2) is 4.39 Å². The quantitative estimate of drug-likeness (QED) is 0.809. The van der Waals surface area contributed by atoms with Crippen LogP contribution in [0.4, 0.5) is 17.6 Å². The van der Waals surface area contributed by atoms with Crippen molar-refractivity contribution >= 4 is 11.6 Å². The molecule has 0 unspecified atom stereocenters. The largest absolute Gasteiger partial charge is 0.414 e. The zero-order valence-electron chi connectivity index (χ0n) is 13.9. The molecule has 1 amide bonds. The lowest BCUT2D eigenvalue weighted by Gasteiger charge is -2.22. The zero-order chi connectivity index (χ0) is 19.4. The number of amides is 1. The van der Waals surface area contributed by atoms with Crippen LogP contribution < -0.4 is 5.32 Å². The fourth-order valence-electron chi connectivity index (χ4n) is 2.66. The first-order valence-electron chi connectivity index (χ1n) is 8.07. The standard InChI is InChI=1S/C18H15F4N3O2/c19-12-5-3-4-11(8-12)9-13-10-15(27-25-13)17(26)24-16(18(20,21)22)14-6-1-2-7-23-14/h1-8,15-16H,9-10H2,(H,24,26)/t15-,16-/m0/s1. The summed E-state index contributed by atoms with van der Waals surface area (Å²) in [7, 11) is 0. The number of nitrogens with one attached hydrogen (secondary N) is 1. The molecule has 9 heteroatoms. The molecule has 1 aromatic carbocycles. The van der Waals surface area contributed by atoms with Crippen molar-refractivity contribution in [3.8, 4) is 0 Å². The Labute approximate surface area is 152 Å². The first-order valence-corrected chi connectivity index (χ1v) is 8.07. The van der Waals surface area contributed by atoms with Crippen LogP contribution >= 0.6 is 0 Å². The van der Waals surface area contributed by atoms with Crippen molar-refractivity contribution < 1.29 is 27.2 Å². The van der Waals surface area contributed by atoms with E-state index in [1.807, 2.05) is 5.32 Å². The molecule has 0 saturated carbocycles. The highest BCUT2D eigenvalue weighted by Gasteiger charge is 2.44. The predicted octanol–water partition coefficient (Wildman–Crippen LogP) is 3.33. The molecular formula is C18H15F4N3O2. The average Bonchev–Trinajstić information content (AvgIpc) is 3.08. The summed E-state index contributed by atoms with van der Waals surface area (Å²) in [5.41, 5.74) is 0.749. The molecule has 0 aliphatic carbocycles. The predicted molar refractivity (Wildman–Crippen MR) is 88.2 cm³/mol. The van der Waals surface area contributed by atoms with Crippen LogP contribution in [-0.4, -0.2) is 28.9 Å². The fourth-order valence-corrected chi connectivity index (χ4v) is 2.66. The molecular weight excluding hydrogens is 366 g/mol. The number of halogens is 4. The molecule has 142 valence electrons. The van der Waals surface area contributed by atoms with Crippen LogP contribution in [0.5, 0.6) is 0 Å². The van der Waals surface area contributed by atoms with Gasteiger partial charge >= 0.3 is 6.18 Å². The van der Waals surface area contributed by atoms with Crippen molar-refractivity contribution in [1.82, 2.24) is 10.3 Å². The average molecular weight is 381 g/mol. The lowest BCUT2D eigenvalue weighted by Crippen LogP contribution is -2.43. The van der Waals surface area contributed by atoms with Crippen LogP contribution in [0, 0.1) is 5.82 Å². The second-order valence-electron chi connectivity index (χ2n) is 6.00. The van der Waals surface area contributed by atoms with Gasteiger partial charge in [-0.3, -0.25) is 9.78 Å². The molecule has 0 fully saturated rings. The molecule has 27 heavy (non-hydrogen) atoms. The highest BCUT2D eigenvalue weighted by atomic mass is 19.4. The van der Waals surface area contributed by atoms with Crippen molar-refractivity contribution in [3.63, 3.8) is 0 Å². The highest BCUT2D eigenvalue weighted by Crippen LogP contribution is 2.32. The van der Waals surface area contributed by atoms with Crippen LogP contribution in [0.3, 0.4) is 0 Å². The lowest BCUT2D eigenvalue weighted by molar-refractivity contribution is -0.167. The Morgan fingerprint density at radius 3 is 2.74 bits per heavy atom. The number of alkyl halides is 3. The SMILES string of the molecule is O=C(N[C@@H](c1ccccn1)C(F)(F)F)[C@@H]1CC(Cc2cccc(F)c2)=NO1. The molecule has 0 radical (unpaired) electrons. The van der Waals surface area contributed by atoms with Crippen molar-refractivity contribution in [1.29, 1.82) is 0 Å². The van der Waals surface area contributed by atoms with E-state index in [4.69, 9.17) is 4.84 Å². The van der Waals surface area contributed by atoms with Crippen molar-refractivity contribution in [3.05, 3.63) is 65.7 Å². The van der Waals surface area contributed by atoms with Crippen LogP contribution in [0.1, 0.15) is 23.7 Å². The van der Waals surface area contributed by atoms with Crippen LogP contribution in [-0.2, 0) is 16.1 Å². The number of rotatable bonds is 5. The van der Waals surface area contributed by atoms with E-state index in [1.165, 1.54) is 42.6 Å². The summed E-state index contributed by atoms with van der Waals surface area (Å²) in [6.07, 6.45) is -4.41. The number of benzene rings is 1. The highest BCUT2D eigenvalue weighted by molar-refractivity contribution is 5.94. The first-order chi connectivity index (χ1) is 12.8. The molecule has 1 aliphatic heterocycles. The van der Waals surface area contributed by atoms with Gasteiger partial charge in [0.05, 0.1) is 11.4 Å². The van der Waals surface area contributed by atoms with Crippen molar-refractivity contribution in [2.45, 2.75) is 31.2 Å². The number of pyridine rings is 1. The molecule has 0 saturated heterocycles. The summed E-state index contributed by atoms with van der Waals surface area (Å²) in [5.74, 6) is -1.36. The summed E-state index contributed by atoms with van der Waals surface area (Å²) >= 11 is 0. The van der Waals surface area contributed by atoms with Crippen LogP contribution in [0.15, 0.2) is 53.8 Å². The number of carbonyl (C=O) groups is 1. The molecule has 1 aromatic heterocycles. The number of nitrogens with zero attached hydrogens (tertiary/aromatic N) is 2. The van der Waals surface area contributed by atoms with E-state index in [2.05, 4.69) is 10.1 Å². The third-order valence-corrected chi connectivity index (χ3v) is 3.92. The third-order valence-electron chi connectivity index (χ3n) is 3.92. The van der Waals surface area contributed by atoms with Gasteiger partial charge < -0.3 is 10.2 Å². The van der Waals surface area contributed by atoms with E-state index in [9.17, 15) is 22.4 Å². The molecule has 0 spiro atoms. The Balaban J connectivity index is 1.63. The Morgan fingerprint density at radius 1 is 1.26 bits per heavy atom. The Morgan fingerprint density at radius 2 is 2.07 bits per heavy atom.